The number of aromatic nitrogens is 5. The van der Waals surface area contributed by atoms with Gasteiger partial charge in [0.25, 0.3) is 0 Å². The van der Waals surface area contributed by atoms with E-state index in [1.807, 2.05) is 12.1 Å². The van der Waals surface area contributed by atoms with Crippen LogP contribution >= 0.6 is 0 Å². The highest BCUT2D eigenvalue weighted by Gasteiger charge is 2.30. The van der Waals surface area contributed by atoms with Crippen LogP contribution in [-0.2, 0) is 16.6 Å². The molecular formula is C21H23N7O4. The molecule has 0 spiro atoms. The molecule has 2 heterocycles. The van der Waals surface area contributed by atoms with Gasteiger partial charge in [-0.25, -0.2) is 9.78 Å². The third-order valence-corrected chi connectivity index (χ3v) is 4.79. The topological polar surface area (TPSA) is 133 Å². The number of nitrogens with zero attached hydrogens (tertiary/aromatic N) is 5. The monoisotopic (exact) mass is 437 g/mol. The fourth-order valence-corrected chi connectivity index (χ4v) is 3.11. The van der Waals surface area contributed by atoms with E-state index in [0.29, 0.717) is 28.5 Å². The molecule has 1 saturated carbocycles. The largest absolute Gasteiger partial charge is 0.494 e. The van der Waals surface area contributed by atoms with E-state index in [-0.39, 0.29) is 29.9 Å². The van der Waals surface area contributed by atoms with Crippen molar-refractivity contribution >= 4 is 29.1 Å². The first kappa shape index (κ1) is 21.2. The van der Waals surface area contributed by atoms with Gasteiger partial charge < -0.3 is 20.1 Å². The lowest BCUT2D eigenvalue weighted by Crippen LogP contribution is -2.17. The number of benzene rings is 1. The number of carbonyl (C=O) groups excluding carboxylic acids is 2. The Labute approximate surface area is 184 Å². The Kier molecular flexibility index (Phi) is 5.97. The van der Waals surface area contributed by atoms with Gasteiger partial charge in [-0.3, -0.25) is 9.48 Å². The van der Waals surface area contributed by atoms with Gasteiger partial charge in [-0.2, -0.15) is 5.10 Å². The van der Waals surface area contributed by atoms with Crippen LogP contribution in [0.25, 0.3) is 11.4 Å². The average molecular weight is 437 g/mol. The van der Waals surface area contributed by atoms with Gasteiger partial charge >= 0.3 is 5.97 Å². The number of ether oxygens (including phenoxy) is 2. The van der Waals surface area contributed by atoms with Gasteiger partial charge in [-0.1, -0.05) is 6.07 Å². The summed E-state index contributed by atoms with van der Waals surface area (Å²) in [5.74, 6) is 0.455. The molecule has 4 rings (SSSR count). The molecule has 11 nitrogen and oxygen atoms in total. The molecule has 0 bridgehead atoms. The van der Waals surface area contributed by atoms with Gasteiger partial charge in [0.2, 0.25) is 5.91 Å². The summed E-state index contributed by atoms with van der Waals surface area (Å²) in [5, 5.41) is 18.2. The zero-order chi connectivity index (χ0) is 22.7. The van der Waals surface area contributed by atoms with Gasteiger partial charge in [0.15, 0.2) is 23.1 Å². The van der Waals surface area contributed by atoms with E-state index in [1.54, 1.807) is 37.1 Å². The number of carbonyl (C=O) groups is 2. The van der Waals surface area contributed by atoms with Crippen LogP contribution in [0.3, 0.4) is 0 Å². The summed E-state index contributed by atoms with van der Waals surface area (Å²) in [6, 6.07) is 6.97. The standard InChI is InChI=1S/C21H23N7O4/c1-4-32-21(30)17-15(10-16(25-26-17)24-20(29)12-8-9-12)23-14-7-5-6-13(18(14)31-3)19-22-11-28(2)27-19/h5-7,10-12H,4,8-9H2,1-3H3,(H2,23,24,25,29). The van der Waals surface area contributed by atoms with Crippen molar-refractivity contribution in [1.29, 1.82) is 0 Å². The molecule has 1 aliphatic rings. The molecular weight excluding hydrogens is 414 g/mol. The number of para-hydroxylation sites is 1. The summed E-state index contributed by atoms with van der Waals surface area (Å²) in [6.07, 6.45) is 3.31. The van der Waals surface area contributed by atoms with Crippen LogP contribution < -0.4 is 15.4 Å². The lowest BCUT2D eigenvalue weighted by molar-refractivity contribution is -0.117. The molecule has 3 aromatic rings. The molecule has 1 fully saturated rings. The lowest BCUT2D eigenvalue weighted by Gasteiger charge is -2.16. The summed E-state index contributed by atoms with van der Waals surface area (Å²) in [7, 11) is 3.31. The molecule has 1 aliphatic carbocycles. The summed E-state index contributed by atoms with van der Waals surface area (Å²) in [5.41, 5.74) is 1.52. The van der Waals surface area contributed by atoms with Gasteiger partial charge in [0.05, 0.1) is 30.7 Å². The smallest absolute Gasteiger partial charge is 0.361 e. The van der Waals surface area contributed by atoms with Gasteiger partial charge in [0.1, 0.15) is 6.33 Å². The summed E-state index contributed by atoms with van der Waals surface area (Å²) < 4.78 is 12.3. The van der Waals surface area contributed by atoms with Crippen LogP contribution in [0.1, 0.15) is 30.3 Å². The minimum atomic E-state index is -0.635. The third kappa shape index (κ3) is 4.51. The van der Waals surface area contributed by atoms with Gasteiger partial charge in [0, 0.05) is 19.0 Å². The van der Waals surface area contributed by atoms with E-state index < -0.39 is 5.97 Å². The maximum Gasteiger partial charge on any atom is 0.361 e. The van der Waals surface area contributed by atoms with Crippen molar-refractivity contribution in [2.75, 3.05) is 24.4 Å². The first-order valence-corrected chi connectivity index (χ1v) is 10.2. The SMILES string of the molecule is CCOC(=O)c1nnc(NC(=O)C2CC2)cc1Nc1cccc(-c2ncn(C)n2)c1OC. The Hall–Kier alpha value is -4.02. The predicted molar refractivity (Wildman–Crippen MR) is 116 cm³/mol. The van der Waals surface area contributed by atoms with E-state index in [0.717, 1.165) is 12.8 Å². The Morgan fingerprint density at radius 2 is 2.03 bits per heavy atom. The lowest BCUT2D eigenvalue weighted by atomic mass is 10.1. The molecule has 0 atom stereocenters. The number of rotatable bonds is 8. The Morgan fingerprint density at radius 1 is 1.22 bits per heavy atom. The molecule has 1 amide bonds. The fourth-order valence-electron chi connectivity index (χ4n) is 3.11. The first-order chi connectivity index (χ1) is 15.5. The molecule has 166 valence electrons. The van der Waals surface area contributed by atoms with Crippen LogP contribution in [0.4, 0.5) is 17.2 Å². The number of methoxy groups -OCH3 is 1. The van der Waals surface area contributed by atoms with Crippen molar-refractivity contribution in [3.05, 3.63) is 36.3 Å². The zero-order valence-electron chi connectivity index (χ0n) is 18.0. The fraction of sp³-hybridized carbons (Fsp3) is 0.333. The van der Waals surface area contributed by atoms with Crippen LogP contribution in [0.15, 0.2) is 30.6 Å². The molecule has 11 heteroatoms. The number of esters is 1. The second-order valence-corrected chi connectivity index (χ2v) is 7.23. The van der Waals surface area contributed by atoms with Crippen molar-refractivity contribution in [2.45, 2.75) is 19.8 Å². The van der Waals surface area contributed by atoms with E-state index in [4.69, 9.17) is 9.47 Å². The molecule has 32 heavy (non-hydrogen) atoms. The molecule has 0 saturated heterocycles. The Balaban J connectivity index is 1.71. The summed E-state index contributed by atoms with van der Waals surface area (Å²) in [4.78, 5) is 28.9. The van der Waals surface area contributed by atoms with Crippen molar-refractivity contribution in [1.82, 2.24) is 25.0 Å². The van der Waals surface area contributed by atoms with E-state index in [1.165, 1.54) is 7.11 Å². The quantitative estimate of drug-likeness (QED) is 0.510. The Bertz CT molecular complexity index is 1160. The second kappa shape index (κ2) is 9.00. The van der Waals surface area contributed by atoms with Crippen molar-refractivity contribution in [3.63, 3.8) is 0 Å². The minimum Gasteiger partial charge on any atom is -0.494 e. The number of nitrogens with one attached hydrogen (secondary N) is 2. The molecule has 2 aromatic heterocycles. The number of amides is 1. The highest BCUT2D eigenvalue weighted by atomic mass is 16.5. The summed E-state index contributed by atoms with van der Waals surface area (Å²) in [6.45, 7) is 1.89. The second-order valence-electron chi connectivity index (χ2n) is 7.23. The van der Waals surface area contributed by atoms with Crippen molar-refractivity contribution in [3.8, 4) is 17.1 Å². The van der Waals surface area contributed by atoms with Crippen LogP contribution in [-0.4, -0.2) is 50.6 Å². The molecule has 2 N–H and O–H groups in total. The maximum atomic E-state index is 12.4. The number of hydrogen-bond acceptors (Lipinski definition) is 9. The van der Waals surface area contributed by atoms with E-state index >= 15 is 0 Å². The van der Waals surface area contributed by atoms with Crippen LogP contribution in [0, 0.1) is 5.92 Å². The van der Waals surface area contributed by atoms with Crippen LogP contribution in [0.2, 0.25) is 0 Å². The Morgan fingerprint density at radius 3 is 2.69 bits per heavy atom. The zero-order valence-corrected chi connectivity index (χ0v) is 18.0. The normalized spacial score (nSPS) is 12.8. The van der Waals surface area contributed by atoms with E-state index in [2.05, 4.69) is 30.9 Å². The third-order valence-electron chi connectivity index (χ3n) is 4.79. The van der Waals surface area contributed by atoms with E-state index in [9.17, 15) is 9.59 Å². The summed E-state index contributed by atoms with van der Waals surface area (Å²) >= 11 is 0. The maximum absolute atomic E-state index is 12.4. The van der Waals surface area contributed by atoms with Crippen LogP contribution in [0.5, 0.6) is 5.75 Å². The predicted octanol–water partition coefficient (Wildman–Crippen LogP) is 2.55. The van der Waals surface area contributed by atoms with Crippen molar-refractivity contribution < 1.29 is 19.1 Å². The minimum absolute atomic E-state index is 0.000547. The highest BCUT2D eigenvalue weighted by molar-refractivity contribution is 5.97. The molecule has 0 unspecified atom stereocenters. The van der Waals surface area contributed by atoms with Gasteiger partial charge in [-0.15, -0.1) is 10.2 Å². The first-order valence-electron chi connectivity index (χ1n) is 10.2. The average Bonchev–Trinajstić information content (AvgIpc) is 3.55. The van der Waals surface area contributed by atoms with Crippen molar-refractivity contribution in [2.24, 2.45) is 13.0 Å². The number of aryl methyl sites for hydroxylation is 1. The molecule has 0 radical (unpaired) electrons. The highest BCUT2D eigenvalue weighted by Crippen LogP contribution is 2.37. The molecule has 1 aromatic carbocycles. The molecule has 0 aliphatic heterocycles. The van der Waals surface area contributed by atoms with Gasteiger partial charge in [-0.05, 0) is 31.9 Å². The number of hydrogen-bond donors (Lipinski definition) is 2. The number of anilines is 3.